The van der Waals surface area contributed by atoms with Crippen molar-refractivity contribution in [2.75, 3.05) is 4.90 Å². The van der Waals surface area contributed by atoms with Crippen molar-refractivity contribution >= 4 is 106 Å². The van der Waals surface area contributed by atoms with Gasteiger partial charge in [0.15, 0.2) is 0 Å². The van der Waals surface area contributed by atoms with Crippen molar-refractivity contribution in [2.45, 2.75) is 20.6 Å². The number of anilines is 2. The number of nitrogens with zero attached hydrogens (tertiary/aromatic N) is 18. The van der Waals surface area contributed by atoms with Crippen LogP contribution in [0.1, 0.15) is 29.0 Å². The molecule has 19 aromatic rings. The largest absolute Gasteiger partial charge is 1.00 e. The molecule has 24 rings (SSSR count). The fraction of sp³-hybridized carbons (Fsp3) is 0.0303. The summed E-state index contributed by atoms with van der Waals surface area (Å²) in [5, 5.41) is 7.89. The van der Waals surface area contributed by atoms with Crippen LogP contribution in [0, 0.1) is 39.4 Å². The second-order valence-electron chi connectivity index (χ2n) is 29.5. The molecule has 0 amide bonds. The number of para-hydroxylation sites is 3. The van der Waals surface area contributed by atoms with E-state index < -0.39 is 28.4 Å². The Morgan fingerprint density at radius 1 is 0.380 bits per heavy atom. The number of benzene rings is 9. The Kier molecular flexibility index (Phi) is 18.4. The molecule has 15 heterocycles. The fourth-order valence-corrected chi connectivity index (χ4v) is 16.0. The van der Waals surface area contributed by atoms with Crippen LogP contribution in [0.3, 0.4) is 0 Å². The van der Waals surface area contributed by atoms with Gasteiger partial charge in [0.25, 0.3) is 11.6 Å². The van der Waals surface area contributed by atoms with Crippen molar-refractivity contribution in [3.8, 4) is 86.3 Å². The molecule has 0 spiro atoms. The summed E-state index contributed by atoms with van der Waals surface area (Å²) >= 11 is 0. The summed E-state index contributed by atoms with van der Waals surface area (Å²) in [6, 6.07) is 83.7. The normalized spacial score (nSPS) is 13.6. The molecule has 9 aromatic carbocycles. The molecule has 5 aliphatic rings. The molecule has 0 fully saturated rings. The van der Waals surface area contributed by atoms with Gasteiger partial charge in [-0.25, -0.2) is 33.2 Å². The van der Waals surface area contributed by atoms with Crippen molar-refractivity contribution in [3.05, 3.63) is 384 Å². The van der Waals surface area contributed by atoms with Crippen LogP contribution < -0.4 is 40.7 Å². The van der Waals surface area contributed by atoms with Crippen molar-refractivity contribution in [1.82, 2.24) is 72.3 Å². The van der Waals surface area contributed by atoms with E-state index in [1.807, 2.05) is 235 Å². The number of hydrogen-bond donors (Lipinski definition) is 0. The van der Waals surface area contributed by atoms with Crippen molar-refractivity contribution in [2.24, 2.45) is 0 Å². The van der Waals surface area contributed by atoms with E-state index in [1.165, 1.54) is 36.8 Å². The first kappa shape index (κ1) is 72.6. The number of ether oxygens (including phenoxy) is 3. The Bertz CT molecular complexity index is 8250. The minimum absolute atomic E-state index is 0. The van der Waals surface area contributed by atoms with Crippen LogP contribution in [-0.2, 0) is 21.1 Å². The molecule has 0 atom stereocenters. The predicted octanol–water partition coefficient (Wildman–Crippen LogP) is 21.1. The summed E-state index contributed by atoms with van der Waals surface area (Å²) in [6.45, 7) is -4.79. The van der Waals surface area contributed by atoms with Crippen molar-refractivity contribution in [1.29, 1.82) is 0 Å². The molecule has 0 saturated heterocycles. The summed E-state index contributed by atoms with van der Waals surface area (Å²) in [5.41, 5.74) is 12.2. The number of aryl methyl sites for hydroxylation is 3. The van der Waals surface area contributed by atoms with E-state index in [0.717, 1.165) is 127 Å². The number of halogens is 7. The van der Waals surface area contributed by atoms with Gasteiger partial charge < -0.3 is 45.6 Å². The Morgan fingerprint density at radius 3 is 1.37 bits per heavy atom. The topological polar surface area (TPSA) is 184 Å². The molecule has 0 aliphatic carbocycles. The first-order valence-electron chi connectivity index (χ1n) is 43.9. The molecular formula is C99H67ClF6N18O3PPt-3. The van der Waals surface area contributed by atoms with E-state index in [2.05, 4.69) is 107 Å². The zero-order valence-corrected chi connectivity index (χ0v) is 70.6. The maximum atomic E-state index is 9.87. The van der Waals surface area contributed by atoms with Crippen LogP contribution >= 0.6 is 7.81 Å². The Labute approximate surface area is 764 Å². The maximum Gasteiger partial charge on any atom is 0.277 e. The summed E-state index contributed by atoms with van der Waals surface area (Å²) in [4.78, 5) is 42.2. The minimum atomic E-state index is -10.7. The molecule has 638 valence electrons. The molecule has 30 heteroatoms. The molecule has 0 saturated carbocycles. The van der Waals surface area contributed by atoms with Gasteiger partial charge in [-0.05, 0) is 195 Å². The van der Waals surface area contributed by atoms with Gasteiger partial charge in [-0.2, -0.15) is 12.1 Å². The van der Waals surface area contributed by atoms with Gasteiger partial charge >= 0.3 is 33.0 Å². The number of aromatic nitrogens is 17. The average molecular weight is 1940 g/mol. The second-order valence-corrected chi connectivity index (χ2v) is 31.4. The molecule has 0 radical (unpaired) electrons. The van der Waals surface area contributed by atoms with Gasteiger partial charge in [0.2, 0.25) is 12.7 Å². The third kappa shape index (κ3) is 16.6. The molecule has 0 N–H and O–H groups in total. The van der Waals surface area contributed by atoms with Crippen molar-refractivity contribution < 1.29 is 94.3 Å². The SMILES string of the molecule is F[P-](F)(F)(F)(F)F.[2H]C([2H])([2H])c1ccnc(-n2c3[c-]c(Oc4[c-]c(N5[CH-]n6ccnc6-c6ccccc65)ccc4)ccc3c3ccncc32)c1.[2H]C([2H])([2H])c1ccnc(-n2c3cnccc3c3ccc(Oc4cccc(-n5c[n+]6ccnc-6c6ccccc65)c4)cc32)c1.[2H]C([2H])([2H])c1ccnc(-n2c3cnccc3c3ccc(Oc4cccc(-n5c[n+]6ccnc-6c6ccccc65)c4)cc32)c1.[Cl-].[Pt]. The van der Waals surface area contributed by atoms with Crippen molar-refractivity contribution in [3.63, 3.8) is 0 Å². The molecule has 5 aliphatic heterocycles. The monoisotopic (exact) mass is 1940 g/mol. The molecule has 10 aromatic heterocycles. The van der Waals surface area contributed by atoms with E-state index >= 15 is 0 Å². The number of pyridine rings is 6. The van der Waals surface area contributed by atoms with Gasteiger partial charge in [-0.15, -0.1) is 45.7 Å². The summed E-state index contributed by atoms with van der Waals surface area (Å²) < 4.78 is 165. The molecule has 0 bridgehead atoms. The first-order valence-corrected chi connectivity index (χ1v) is 41.4. The van der Waals surface area contributed by atoms with Gasteiger partial charge in [0.05, 0.1) is 56.9 Å². The zero-order valence-electron chi connectivity index (χ0n) is 75.7. The van der Waals surface area contributed by atoms with E-state index in [9.17, 15) is 25.2 Å². The Balaban J connectivity index is 0.000000127. The summed E-state index contributed by atoms with van der Waals surface area (Å²) in [6.07, 6.45) is 30.3. The number of fused-ring (bicyclic) bond motifs is 18. The Morgan fingerprint density at radius 2 is 0.837 bits per heavy atom. The van der Waals surface area contributed by atoms with Gasteiger partial charge in [0.1, 0.15) is 87.6 Å². The standard InChI is InChI=1S/2C33H23N6O.C33H21N6O.ClH.F6P.Pt/c3*1-22-11-14-35-32(17-22)39-30-19-25(9-10-26(30)27-12-13-34-20-31(27)39)40-24-6-4-5-23(18-24)38-21-37-16-15-36-33(37)28-7-2-3-8-29(28)38;;1-7(2,3,4,5)6;/h2*2-21H,1H3;2-17,20-21H,1H3;1H;;/q2*+1;-3;;-1;/p-1/i3*1D3;;;. The maximum absolute atomic E-state index is 10.7. The van der Waals surface area contributed by atoms with E-state index in [4.69, 9.17) is 26.5 Å². The fourth-order valence-electron chi connectivity index (χ4n) is 16.0. The third-order valence-corrected chi connectivity index (χ3v) is 21.3. The van der Waals surface area contributed by atoms with Crippen LogP contribution in [0.2, 0.25) is 0 Å². The molecule has 0 unspecified atom stereocenters. The smallest absolute Gasteiger partial charge is 0.277 e. The van der Waals surface area contributed by atoms with Crippen LogP contribution in [0.4, 0.5) is 36.6 Å². The van der Waals surface area contributed by atoms with E-state index in [1.54, 1.807) is 74.0 Å². The summed E-state index contributed by atoms with van der Waals surface area (Å²) in [5.74, 6) is 7.74. The van der Waals surface area contributed by atoms with Gasteiger partial charge in [0, 0.05) is 139 Å². The first-order chi connectivity index (χ1) is 65.3. The van der Waals surface area contributed by atoms with Crippen LogP contribution in [0.25, 0.3) is 139 Å². The zero-order chi connectivity index (χ0) is 93.8. The van der Waals surface area contributed by atoms with Gasteiger partial charge in [-0.1, -0.05) is 72.0 Å². The van der Waals surface area contributed by atoms with Crippen LogP contribution in [0.5, 0.6) is 34.5 Å². The van der Waals surface area contributed by atoms with Crippen LogP contribution in [0.15, 0.2) is 348 Å². The third-order valence-electron chi connectivity index (χ3n) is 21.3. The predicted molar refractivity (Wildman–Crippen MR) is 478 cm³/mol. The van der Waals surface area contributed by atoms with E-state index in [-0.39, 0.29) is 50.2 Å². The molecular weight excluding hydrogens is 1860 g/mol. The Hall–Kier alpha value is -15.7. The van der Waals surface area contributed by atoms with E-state index in [0.29, 0.717) is 57.5 Å². The van der Waals surface area contributed by atoms with Gasteiger partial charge in [-0.3, -0.25) is 24.1 Å². The number of hydrogen-bond acceptors (Lipinski definition) is 13. The molecule has 21 nitrogen and oxygen atoms in total. The average Bonchev–Trinajstić information content (AvgIpc) is 1.59. The summed E-state index contributed by atoms with van der Waals surface area (Å²) in [7, 11) is -10.7. The quantitative estimate of drug-likeness (QED) is 0.0487. The number of imidazole rings is 3. The minimum Gasteiger partial charge on any atom is -1.00 e. The number of rotatable bonds is 12. The molecule has 129 heavy (non-hydrogen) atoms. The second kappa shape index (κ2) is 32.7. The van der Waals surface area contributed by atoms with Crippen LogP contribution in [-0.4, -0.2) is 72.3 Å².